The Morgan fingerprint density at radius 3 is 2.50 bits per heavy atom. The molecule has 1 atom stereocenters. The second-order valence-electron chi connectivity index (χ2n) is 5.56. The summed E-state index contributed by atoms with van der Waals surface area (Å²) in [5.41, 5.74) is 0.808. The van der Waals surface area contributed by atoms with Crippen LogP contribution in [0, 0.1) is 6.92 Å². The van der Waals surface area contributed by atoms with Gasteiger partial charge in [0.2, 0.25) is 0 Å². The van der Waals surface area contributed by atoms with E-state index in [4.69, 9.17) is 9.84 Å². The Hall–Kier alpha value is -2.11. The summed E-state index contributed by atoms with van der Waals surface area (Å²) in [5, 5.41) is 11.5. The molecule has 1 aromatic rings. The van der Waals surface area contributed by atoms with Gasteiger partial charge in [0.15, 0.2) is 0 Å². The number of pyridine rings is 1. The number of carboxylic acid groups (broad SMARTS) is 1. The van der Waals surface area contributed by atoms with Crippen LogP contribution in [0.15, 0.2) is 18.3 Å². The van der Waals surface area contributed by atoms with Crippen LogP contribution in [0.3, 0.4) is 0 Å². The molecule has 1 amide bonds. The molecule has 0 aromatic carbocycles. The second-order valence-corrected chi connectivity index (χ2v) is 5.56. The topological polar surface area (TPSA) is 88.5 Å². The number of carbonyl (C=O) groups is 2. The number of alkyl carbamates (subject to hydrolysis) is 1. The van der Waals surface area contributed by atoms with Crippen LogP contribution in [0.1, 0.15) is 44.5 Å². The molecule has 6 nitrogen and oxygen atoms in total. The van der Waals surface area contributed by atoms with Crippen molar-refractivity contribution >= 4 is 12.1 Å². The van der Waals surface area contributed by atoms with E-state index in [0.29, 0.717) is 5.69 Å². The molecule has 0 saturated carbocycles. The van der Waals surface area contributed by atoms with E-state index in [-0.39, 0.29) is 6.42 Å². The van der Waals surface area contributed by atoms with Gasteiger partial charge in [0, 0.05) is 6.20 Å². The summed E-state index contributed by atoms with van der Waals surface area (Å²) in [6.45, 7) is 7.10. The van der Waals surface area contributed by atoms with Gasteiger partial charge in [-0.3, -0.25) is 9.78 Å². The van der Waals surface area contributed by atoms with E-state index in [1.807, 2.05) is 13.0 Å². The van der Waals surface area contributed by atoms with Crippen LogP contribution in [0.4, 0.5) is 4.79 Å². The highest BCUT2D eigenvalue weighted by atomic mass is 16.6. The fourth-order valence-electron chi connectivity index (χ4n) is 1.54. The summed E-state index contributed by atoms with van der Waals surface area (Å²) in [7, 11) is 0. The normalized spacial score (nSPS) is 12.6. The van der Waals surface area contributed by atoms with Crippen LogP contribution in [0.5, 0.6) is 0 Å². The SMILES string of the molecule is Cc1ccc([C@@H](CC(=O)O)NC(=O)OC(C)(C)C)nc1. The average molecular weight is 280 g/mol. The molecule has 1 rings (SSSR count). The maximum absolute atomic E-state index is 11.7. The first kappa shape index (κ1) is 15.9. The van der Waals surface area contributed by atoms with Crippen molar-refractivity contribution in [3.63, 3.8) is 0 Å². The Labute approximate surface area is 118 Å². The molecule has 0 spiro atoms. The molecule has 0 aliphatic rings. The lowest BCUT2D eigenvalue weighted by molar-refractivity contribution is -0.137. The summed E-state index contributed by atoms with van der Waals surface area (Å²) in [4.78, 5) is 26.8. The van der Waals surface area contributed by atoms with Crippen molar-refractivity contribution in [3.8, 4) is 0 Å². The van der Waals surface area contributed by atoms with Gasteiger partial charge in [-0.25, -0.2) is 4.79 Å². The van der Waals surface area contributed by atoms with Gasteiger partial charge in [0.1, 0.15) is 5.60 Å². The molecule has 0 radical (unpaired) electrons. The third-order valence-electron chi connectivity index (χ3n) is 2.36. The molecule has 2 N–H and O–H groups in total. The fourth-order valence-corrected chi connectivity index (χ4v) is 1.54. The zero-order chi connectivity index (χ0) is 15.3. The number of hydrogen-bond acceptors (Lipinski definition) is 4. The van der Waals surface area contributed by atoms with Crippen molar-refractivity contribution in [3.05, 3.63) is 29.6 Å². The Kier molecular flexibility index (Phi) is 5.07. The average Bonchev–Trinajstić information content (AvgIpc) is 2.25. The number of amides is 1. The molecule has 1 heterocycles. The number of carbonyl (C=O) groups excluding carboxylic acids is 1. The first-order chi connectivity index (χ1) is 9.17. The quantitative estimate of drug-likeness (QED) is 0.884. The molecule has 0 aliphatic heterocycles. The van der Waals surface area contributed by atoms with Gasteiger partial charge in [-0.05, 0) is 39.3 Å². The molecule has 0 aliphatic carbocycles. The molecule has 0 bridgehead atoms. The third-order valence-corrected chi connectivity index (χ3v) is 2.36. The minimum Gasteiger partial charge on any atom is -0.481 e. The molecule has 20 heavy (non-hydrogen) atoms. The Morgan fingerprint density at radius 1 is 1.40 bits per heavy atom. The van der Waals surface area contributed by atoms with E-state index in [1.54, 1.807) is 33.0 Å². The summed E-state index contributed by atoms with van der Waals surface area (Å²) in [6.07, 6.45) is 0.710. The Bertz CT molecular complexity index is 477. The Balaban J connectivity index is 2.82. The molecule has 0 fully saturated rings. The van der Waals surface area contributed by atoms with E-state index in [2.05, 4.69) is 10.3 Å². The summed E-state index contributed by atoms with van der Waals surface area (Å²) < 4.78 is 5.12. The molecule has 0 saturated heterocycles. The first-order valence-corrected chi connectivity index (χ1v) is 6.31. The standard InChI is InChI=1S/C14H20N2O4/c1-9-5-6-10(15-8-9)11(7-12(17)18)16-13(19)20-14(2,3)4/h5-6,8,11H,7H2,1-4H3,(H,16,19)(H,17,18)/t11-/m1/s1. The number of rotatable bonds is 4. The van der Waals surface area contributed by atoms with Gasteiger partial charge in [-0.1, -0.05) is 6.07 Å². The number of aromatic nitrogens is 1. The van der Waals surface area contributed by atoms with Crippen molar-refractivity contribution in [2.24, 2.45) is 0 Å². The molecular weight excluding hydrogens is 260 g/mol. The maximum atomic E-state index is 11.7. The van der Waals surface area contributed by atoms with Crippen molar-refractivity contribution < 1.29 is 19.4 Å². The van der Waals surface area contributed by atoms with Crippen LogP contribution >= 0.6 is 0 Å². The molecule has 1 aromatic heterocycles. The van der Waals surface area contributed by atoms with Crippen LogP contribution in [-0.4, -0.2) is 27.8 Å². The lowest BCUT2D eigenvalue weighted by Gasteiger charge is -2.22. The second kappa shape index (κ2) is 6.36. The minimum atomic E-state index is -1.02. The summed E-state index contributed by atoms with van der Waals surface area (Å²) in [5.74, 6) is -1.02. The number of nitrogens with one attached hydrogen (secondary N) is 1. The van der Waals surface area contributed by atoms with Crippen LogP contribution in [0.2, 0.25) is 0 Å². The zero-order valence-corrected chi connectivity index (χ0v) is 12.1. The van der Waals surface area contributed by atoms with Crippen LogP contribution in [-0.2, 0) is 9.53 Å². The molecule has 0 unspecified atom stereocenters. The predicted octanol–water partition coefficient (Wildman–Crippen LogP) is 2.43. The minimum absolute atomic E-state index is 0.255. The highest BCUT2D eigenvalue weighted by Gasteiger charge is 2.23. The van der Waals surface area contributed by atoms with Crippen molar-refractivity contribution in [2.45, 2.75) is 45.8 Å². The lowest BCUT2D eigenvalue weighted by atomic mass is 10.1. The van der Waals surface area contributed by atoms with Gasteiger partial charge in [-0.15, -0.1) is 0 Å². The smallest absolute Gasteiger partial charge is 0.408 e. The fraction of sp³-hybridized carbons (Fsp3) is 0.500. The van der Waals surface area contributed by atoms with E-state index in [0.717, 1.165) is 5.56 Å². The highest BCUT2D eigenvalue weighted by molar-refractivity contribution is 5.72. The summed E-state index contributed by atoms with van der Waals surface area (Å²) >= 11 is 0. The van der Waals surface area contributed by atoms with E-state index >= 15 is 0 Å². The van der Waals surface area contributed by atoms with Gasteiger partial charge in [0.25, 0.3) is 0 Å². The van der Waals surface area contributed by atoms with Crippen molar-refractivity contribution in [1.29, 1.82) is 0 Å². The molecule has 6 heteroatoms. The van der Waals surface area contributed by atoms with E-state index in [1.165, 1.54) is 0 Å². The number of aliphatic carboxylic acids is 1. The van der Waals surface area contributed by atoms with Gasteiger partial charge < -0.3 is 15.2 Å². The van der Waals surface area contributed by atoms with Gasteiger partial charge in [0.05, 0.1) is 18.2 Å². The number of nitrogens with zero attached hydrogens (tertiary/aromatic N) is 1. The van der Waals surface area contributed by atoms with E-state index in [9.17, 15) is 9.59 Å². The monoisotopic (exact) mass is 280 g/mol. The predicted molar refractivity (Wildman–Crippen MR) is 73.3 cm³/mol. The van der Waals surface area contributed by atoms with Gasteiger partial charge >= 0.3 is 12.1 Å². The molecular formula is C14H20N2O4. The molecule has 110 valence electrons. The van der Waals surface area contributed by atoms with Crippen LogP contribution in [0.25, 0.3) is 0 Å². The van der Waals surface area contributed by atoms with Crippen molar-refractivity contribution in [2.75, 3.05) is 0 Å². The number of carboxylic acids is 1. The maximum Gasteiger partial charge on any atom is 0.408 e. The number of hydrogen-bond donors (Lipinski definition) is 2. The number of aryl methyl sites for hydroxylation is 1. The van der Waals surface area contributed by atoms with Crippen molar-refractivity contribution in [1.82, 2.24) is 10.3 Å². The van der Waals surface area contributed by atoms with Crippen LogP contribution < -0.4 is 5.32 Å². The highest BCUT2D eigenvalue weighted by Crippen LogP contribution is 2.16. The number of ether oxygens (including phenoxy) is 1. The Morgan fingerprint density at radius 2 is 2.05 bits per heavy atom. The lowest BCUT2D eigenvalue weighted by Crippen LogP contribution is -2.36. The zero-order valence-electron chi connectivity index (χ0n) is 12.1. The third kappa shape index (κ3) is 5.69. The van der Waals surface area contributed by atoms with Gasteiger partial charge in [-0.2, -0.15) is 0 Å². The largest absolute Gasteiger partial charge is 0.481 e. The summed E-state index contributed by atoms with van der Waals surface area (Å²) in [6, 6.07) is 2.79. The first-order valence-electron chi connectivity index (χ1n) is 6.31. The van der Waals surface area contributed by atoms with E-state index < -0.39 is 23.7 Å².